The number of rotatable bonds is 4. The van der Waals surface area contributed by atoms with Gasteiger partial charge in [0.25, 0.3) is 0 Å². The van der Waals surface area contributed by atoms with Crippen molar-refractivity contribution >= 4 is 11.8 Å². The first kappa shape index (κ1) is 15.0. The van der Waals surface area contributed by atoms with Gasteiger partial charge in [0, 0.05) is 44.2 Å². The molecule has 0 aromatic carbocycles. The summed E-state index contributed by atoms with van der Waals surface area (Å²) in [4.78, 5) is 14.8. The molecule has 2 N–H and O–H groups in total. The Balaban J connectivity index is 1.27. The molecule has 23 heavy (non-hydrogen) atoms. The zero-order valence-electron chi connectivity index (χ0n) is 13.9. The second-order valence-electron chi connectivity index (χ2n) is 7.35. The SMILES string of the molecule is Cn1nc(C2CCC2)cc1NC(=O)NC1CCN(C2CC2)CC1. The lowest BCUT2D eigenvalue weighted by Crippen LogP contribution is -2.46. The lowest BCUT2D eigenvalue weighted by Gasteiger charge is -2.32. The lowest BCUT2D eigenvalue weighted by molar-refractivity contribution is 0.189. The Labute approximate surface area is 137 Å². The third-order valence-electron chi connectivity index (χ3n) is 5.59. The van der Waals surface area contributed by atoms with Crippen LogP contribution in [0.1, 0.15) is 56.6 Å². The fourth-order valence-electron chi connectivity index (χ4n) is 3.70. The quantitative estimate of drug-likeness (QED) is 0.896. The molecule has 2 aliphatic carbocycles. The molecule has 3 fully saturated rings. The maximum absolute atomic E-state index is 12.2. The Bertz CT molecular complexity index is 568. The van der Waals surface area contributed by atoms with Gasteiger partial charge in [0.2, 0.25) is 0 Å². The number of urea groups is 1. The number of aryl methyl sites for hydroxylation is 1. The Morgan fingerprint density at radius 3 is 2.52 bits per heavy atom. The average molecular weight is 317 g/mol. The third-order valence-corrected chi connectivity index (χ3v) is 5.59. The van der Waals surface area contributed by atoms with Crippen LogP contribution >= 0.6 is 0 Å². The number of nitrogens with one attached hydrogen (secondary N) is 2. The van der Waals surface area contributed by atoms with Crippen LogP contribution in [0.3, 0.4) is 0 Å². The van der Waals surface area contributed by atoms with Gasteiger partial charge >= 0.3 is 6.03 Å². The van der Waals surface area contributed by atoms with Crippen molar-refractivity contribution in [1.29, 1.82) is 0 Å². The van der Waals surface area contributed by atoms with E-state index in [9.17, 15) is 4.79 Å². The average Bonchev–Trinajstić information content (AvgIpc) is 3.25. The van der Waals surface area contributed by atoms with Crippen molar-refractivity contribution in [3.8, 4) is 0 Å². The van der Waals surface area contributed by atoms with E-state index in [0.29, 0.717) is 12.0 Å². The molecule has 2 amide bonds. The summed E-state index contributed by atoms with van der Waals surface area (Å²) in [5.74, 6) is 1.38. The minimum absolute atomic E-state index is 0.0990. The van der Waals surface area contributed by atoms with Crippen molar-refractivity contribution in [2.45, 2.75) is 62.9 Å². The fraction of sp³-hybridized carbons (Fsp3) is 0.765. The molecular formula is C17H27N5O. The van der Waals surface area contributed by atoms with E-state index in [-0.39, 0.29) is 6.03 Å². The standard InChI is InChI=1S/C17H27N5O/c1-21-16(11-15(20-21)12-3-2-4-12)19-17(23)18-13-7-9-22(10-8-13)14-5-6-14/h11-14H,2-10H2,1H3,(H2,18,19,23). The summed E-state index contributed by atoms with van der Waals surface area (Å²) in [5.41, 5.74) is 1.12. The van der Waals surface area contributed by atoms with Crippen LogP contribution in [0.2, 0.25) is 0 Å². The smallest absolute Gasteiger partial charge is 0.320 e. The predicted octanol–water partition coefficient (Wildman–Crippen LogP) is 2.44. The Kier molecular flexibility index (Phi) is 4.01. The minimum atomic E-state index is -0.0990. The van der Waals surface area contributed by atoms with Crippen LogP contribution in [0, 0.1) is 0 Å². The van der Waals surface area contributed by atoms with Crippen LogP contribution in [0.25, 0.3) is 0 Å². The highest BCUT2D eigenvalue weighted by molar-refractivity contribution is 5.88. The van der Waals surface area contributed by atoms with E-state index in [1.807, 2.05) is 13.1 Å². The molecule has 6 heteroatoms. The van der Waals surface area contributed by atoms with Gasteiger partial charge in [-0.3, -0.25) is 10.00 Å². The molecule has 6 nitrogen and oxygen atoms in total. The summed E-state index contributed by atoms with van der Waals surface area (Å²) in [6.45, 7) is 2.24. The van der Waals surface area contributed by atoms with Crippen molar-refractivity contribution in [2.75, 3.05) is 18.4 Å². The van der Waals surface area contributed by atoms with Crippen LogP contribution in [0.5, 0.6) is 0 Å². The highest BCUT2D eigenvalue weighted by Crippen LogP contribution is 2.36. The van der Waals surface area contributed by atoms with Crippen LogP contribution in [-0.2, 0) is 7.05 Å². The van der Waals surface area contributed by atoms with Gasteiger partial charge in [0.15, 0.2) is 0 Å². The summed E-state index contributed by atoms with van der Waals surface area (Å²) in [6.07, 6.45) is 8.59. The monoisotopic (exact) mass is 317 g/mol. The molecule has 3 aliphatic rings. The largest absolute Gasteiger partial charge is 0.335 e. The number of hydrogen-bond acceptors (Lipinski definition) is 3. The highest BCUT2D eigenvalue weighted by Gasteiger charge is 2.32. The number of likely N-dealkylation sites (tertiary alicyclic amines) is 1. The normalized spacial score (nSPS) is 23.5. The molecule has 2 heterocycles. The third kappa shape index (κ3) is 3.37. The van der Waals surface area contributed by atoms with Gasteiger partial charge in [-0.15, -0.1) is 0 Å². The van der Waals surface area contributed by atoms with Gasteiger partial charge in [0.1, 0.15) is 5.82 Å². The van der Waals surface area contributed by atoms with E-state index >= 15 is 0 Å². The van der Waals surface area contributed by atoms with E-state index < -0.39 is 0 Å². The number of aromatic nitrogens is 2. The lowest BCUT2D eigenvalue weighted by atomic mass is 9.83. The van der Waals surface area contributed by atoms with Crippen LogP contribution in [0.4, 0.5) is 10.6 Å². The summed E-state index contributed by atoms with van der Waals surface area (Å²) < 4.78 is 1.78. The number of hydrogen-bond donors (Lipinski definition) is 2. The molecule has 1 aliphatic heterocycles. The molecule has 0 bridgehead atoms. The first-order valence-electron chi connectivity index (χ1n) is 9.04. The fourth-order valence-corrected chi connectivity index (χ4v) is 3.70. The van der Waals surface area contributed by atoms with Crippen molar-refractivity contribution in [3.63, 3.8) is 0 Å². The topological polar surface area (TPSA) is 62.2 Å². The molecule has 1 saturated heterocycles. The molecule has 0 radical (unpaired) electrons. The van der Waals surface area contributed by atoms with Crippen molar-refractivity contribution in [1.82, 2.24) is 20.0 Å². The summed E-state index contributed by atoms with van der Waals surface area (Å²) in [5, 5.41) is 10.6. The van der Waals surface area contributed by atoms with Gasteiger partial charge in [0.05, 0.1) is 5.69 Å². The number of carbonyl (C=O) groups excluding carboxylic acids is 1. The van der Waals surface area contributed by atoms with E-state index in [4.69, 9.17) is 0 Å². The maximum Gasteiger partial charge on any atom is 0.320 e. The van der Waals surface area contributed by atoms with Gasteiger partial charge < -0.3 is 10.2 Å². The molecule has 1 aromatic heterocycles. The van der Waals surface area contributed by atoms with E-state index in [0.717, 1.165) is 43.5 Å². The van der Waals surface area contributed by atoms with Gasteiger partial charge in [-0.25, -0.2) is 4.79 Å². The van der Waals surface area contributed by atoms with Crippen molar-refractivity contribution < 1.29 is 4.79 Å². The molecular weight excluding hydrogens is 290 g/mol. The minimum Gasteiger partial charge on any atom is -0.335 e. The van der Waals surface area contributed by atoms with Crippen molar-refractivity contribution in [2.24, 2.45) is 7.05 Å². The molecule has 126 valence electrons. The number of nitrogens with zero attached hydrogens (tertiary/aromatic N) is 3. The number of piperidine rings is 1. The van der Waals surface area contributed by atoms with E-state index in [1.54, 1.807) is 4.68 Å². The molecule has 0 spiro atoms. The van der Waals surface area contributed by atoms with Gasteiger partial charge in [-0.05, 0) is 38.5 Å². The molecule has 1 aromatic rings. The molecule has 2 saturated carbocycles. The Morgan fingerprint density at radius 1 is 1.17 bits per heavy atom. The van der Waals surface area contributed by atoms with E-state index in [1.165, 1.54) is 32.1 Å². The Hall–Kier alpha value is -1.56. The van der Waals surface area contributed by atoms with Crippen LogP contribution in [0.15, 0.2) is 6.07 Å². The maximum atomic E-state index is 12.2. The zero-order chi connectivity index (χ0) is 15.8. The van der Waals surface area contributed by atoms with Crippen LogP contribution < -0.4 is 10.6 Å². The van der Waals surface area contributed by atoms with Gasteiger partial charge in [-0.1, -0.05) is 6.42 Å². The molecule has 4 rings (SSSR count). The second kappa shape index (κ2) is 6.15. The molecule has 0 unspecified atom stereocenters. The summed E-state index contributed by atoms with van der Waals surface area (Å²) >= 11 is 0. The summed E-state index contributed by atoms with van der Waals surface area (Å²) in [6, 6.07) is 3.06. The van der Waals surface area contributed by atoms with Crippen molar-refractivity contribution in [3.05, 3.63) is 11.8 Å². The predicted molar refractivity (Wildman–Crippen MR) is 89.6 cm³/mol. The Morgan fingerprint density at radius 2 is 1.91 bits per heavy atom. The first-order valence-corrected chi connectivity index (χ1v) is 9.04. The summed E-state index contributed by atoms with van der Waals surface area (Å²) in [7, 11) is 1.89. The second-order valence-corrected chi connectivity index (χ2v) is 7.35. The number of amides is 2. The highest BCUT2D eigenvalue weighted by atomic mass is 16.2. The first-order chi connectivity index (χ1) is 11.2. The van der Waals surface area contributed by atoms with E-state index in [2.05, 4.69) is 20.6 Å². The number of carbonyl (C=O) groups is 1. The number of anilines is 1. The van der Waals surface area contributed by atoms with Crippen LogP contribution in [-0.4, -0.2) is 45.9 Å². The zero-order valence-corrected chi connectivity index (χ0v) is 13.9. The van der Waals surface area contributed by atoms with Gasteiger partial charge in [-0.2, -0.15) is 5.10 Å². The molecule has 0 atom stereocenters.